The van der Waals surface area contributed by atoms with E-state index in [4.69, 9.17) is 0 Å². The molecule has 144 valence electrons. The van der Waals surface area contributed by atoms with Crippen molar-refractivity contribution in [2.45, 2.75) is 19.3 Å². The number of hydrogen-bond acceptors (Lipinski definition) is 1. The van der Waals surface area contributed by atoms with E-state index >= 15 is 0 Å². The highest BCUT2D eigenvalue weighted by atomic mass is 31.2. The zero-order valence-electron chi connectivity index (χ0n) is 16.8. The van der Waals surface area contributed by atoms with Crippen molar-refractivity contribution in [3.8, 4) is 0 Å². The fraction of sp³-hybridized carbons (Fsp3) is 0.240. The SMILES string of the molecule is CN(C)C(=O)CCCC[P+](c1ccccc1)(c1ccccc1)c1ccccc1. The van der Waals surface area contributed by atoms with Crippen LogP contribution >= 0.6 is 7.26 Å². The molecule has 3 aromatic carbocycles. The Kier molecular flexibility index (Phi) is 7.01. The number of rotatable bonds is 8. The third-order valence-electron chi connectivity index (χ3n) is 5.22. The average Bonchev–Trinajstić information content (AvgIpc) is 2.75. The predicted octanol–water partition coefficient (Wildman–Crippen LogP) is 4.24. The summed E-state index contributed by atoms with van der Waals surface area (Å²) in [6.07, 6.45) is 3.65. The number of nitrogens with zero attached hydrogens (tertiary/aromatic N) is 1. The molecule has 3 heteroatoms. The van der Waals surface area contributed by atoms with Crippen molar-refractivity contribution < 1.29 is 4.79 Å². The molecule has 0 bridgehead atoms. The molecule has 0 heterocycles. The lowest BCUT2D eigenvalue weighted by Gasteiger charge is -2.27. The third kappa shape index (κ3) is 4.51. The average molecular weight is 390 g/mol. The van der Waals surface area contributed by atoms with Gasteiger partial charge >= 0.3 is 0 Å². The molecule has 0 aliphatic heterocycles. The van der Waals surface area contributed by atoms with E-state index in [0.717, 1.165) is 19.0 Å². The van der Waals surface area contributed by atoms with Crippen molar-refractivity contribution in [1.82, 2.24) is 4.90 Å². The van der Waals surface area contributed by atoms with E-state index in [9.17, 15) is 4.79 Å². The van der Waals surface area contributed by atoms with E-state index in [1.165, 1.54) is 15.9 Å². The Morgan fingerprint density at radius 2 is 1.07 bits per heavy atom. The minimum absolute atomic E-state index is 0.211. The van der Waals surface area contributed by atoms with Crippen molar-refractivity contribution in [3.63, 3.8) is 0 Å². The van der Waals surface area contributed by atoms with E-state index in [-0.39, 0.29) is 5.91 Å². The molecule has 0 aromatic heterocycles. The summed E-state index contributed by atoms with van der Waals surface area (Å²) in [5.74, 6) is 0.211. The molecule has 0 spiro atoms. The molecule has 0 unspecified atom stereocenters. The maximum Gasteiger partial charge on any atom is 0.222 e. The van der Waals surface area contributed by atoms with Gasteiger partial charge in [0.05, 0.1) is 6.16 Å². The summed E-state index contributed by atoms with van der Waals surface area (Å²) < 4.78 is 0. The topological polar surface area (TPSA) is 20.3 Å². The molecule has 3 rings (SSSR count). The summed E-state index contributed by atoms with van der Waals surface area (Å²) in [5, 5.41) is 4.23. The highest BCUT2D eigenvalue weighted by Gasteiger charge is 2.44. The van der Waals surface area contributed by atoms with Crippen LogP contribution in [0.3, 0.4) is 0 Å². The fourth-order valence-corrected chi connectivity index (χ4v) is 8.14. The van der Waals surface area contributed by atoms with Crippen LogP contribution in [-0.2, 0) is 4.79 Å². The summed E-state index contributed by atoms with van der Waals surface area (Å²) in [7, 11) is 1.90. The Bertz CT molecular complexity index is 766. The number of benzene rings is 3. The van der Waals surface area contributed by atoms with Gasteiger partial charge in [0, 0.05) is 20.5 Å². The summed E-state index contributed by atoms with van der Waals surface area (Å²) in [4.78, 5) is 13.7. The van der Waals surface area contributed by atoms with E-state index in [1.54, 1.807) is 4.90 Å². The Morgan fingerprint density at radius 1 is 0.679 bits per heavy atom. The maximum absolute atomic E-state index is 12.0. The van der Waals surface area contributed by atoms with Crippen LogP contribution in [0.15, 0.2) is 91.0 Å². The Labute approximate surface area is 169 Å². The van der Waals surface area contributed by atoms with Crippen molar-refractivity contribution in [2.24, 2.45) is 0 Å². The van der Waals surface area contributed by atoms with Crippen LogP contribution in [0.4, 0.5) is 0 Å². The smallest absolute Gasteiger partial charge is 0.222 e. The van der Waals surface area contributed by atoms with Gasteiger partial charge in [-0.15, -0.1) is 0 Å². The van der Waals surface area contributed by atoms with E-state index < -0.39 is 7.26 Å². The van der Waals surface area contributed by atoms with Crippen LogP contribution in [0.5, 0.6) is 0 Å². The number of amides is 1. The third-order valence-corrected chi connectivity index (χ3v) is 9.75. The molecule has 2 nitrogen and oxygen atoms in total. The summed E-state index contributed by atoms with van der Waals surface area (Å²) in [5.41, 5.74) is 0. The lowest BCUT2D eigenvalue weighted by atomic mass is 10.2. The molecule has 1 amide bonds. The monoisotopic (exact) mass is 390 g/mol. The minimum atomic E-state index is -1.76. The Morgan fingerprint density at radius 3 is 1.43 bits per heavy atom. The second-order valence-electron chi connectivity index (χ2n) is 7.29. The van der Waals surface area contributed by atoms with Crippen LogP contribution < -0.4 is 15.9 Å². The van der Waals surface area contributed by atoms with Gasteiger partial charge in [0.15, 0.2) is 0 Å². The summed E-state index contributed by atoms with van der Waals surface area (Å²) in [6.45, 7) is 0. The molecule has 0 N–H and O–H groups in total. The van der Waals surface area contributed by atoms with Crippen LogP contribution in [0.1, 0.15) is 19.3 Å². The second kappa shape index (κ2) is 9.66. The number of hydrogen-bond donors (Lipinski definition) is 0. The molecule has 0 aliphatic rings. The molecule has 0 saturated carbocycles. The number of unbranched alkanes of at least 4 members (excludes halogenated alkanes) is 1. The second-order valence-corrected chi connectivity index (χ2v) is 10.9. The lowest BCUT2D eigenvalue weighted by Crippen LogP contribution is -2.33. The number of carbonyl (C=O) groups is 1. The predicted molar refractivity (Wildman–Crippen MR) is 123 cm³/mol. The van der Waals surface area contributed by atoms with E-state index in [2.05, 4.69) is 91.0 Å². The van der Waals surface area contributed by atoms with Crippen LogP contribution in [0.2, 0.25) is 0 Å². The maximum atomic E-state index is 12.0. The standard InChI is InChI=1S/C25H29NOP/c1-26(2)25(27)20-12-13-21-28(22-14-6-3-7-15-22,23-16-8-4-9-17-23)24-18-10-5-11-19-24/h3-11,14-19H,12-13,20-21H2,1-2H3/q+1. The zero-order valence-corrected chi connectivity index (χ0v) is 17.7. The first-order valence-electron chi connectivity index (χ1n) is 9.89. The van der Waals surface area contributed by atoms with Gasteiger partial charge in [0.1, 0.15) is 23.2 Å². The van der Waals surface area contributed by atoms with Gasteiger partial charge < -0.3 is 4.90 Å². The highest BCUT2D eigenvalue weighted by molar-refractivity contribution is 7.95. The van der Waals surface area contributed by atoms with Gasteiger partial charge in [-0.3, -0.25) is 4.79 Å². The van der Waals surface area contributed by atoms with Crippen LogP contribution in [0, 0.1) is 0 Å². The van der Waals surface area contributed by atoms with Crippen molar-refractivity contribution in [3.05, 3.63) is 91.0 Å². The van der Waals surface area contributed by atoms with Gasteiger partial charge in [-0.2, -0.15) is 0 Å². The molecule has 0 saturated heterocycles. The Balaban J connectivity index is 2.00. The molecule has 3 aromatic rings. The first kappa shape index (κ1) is 20.3. The van der Waals surface area contributed by atoms with Gasteiger partial charge in [-0.05, 0) is 49.2 Å². The molecule has 0 radical (unpaired) electrons. The number of carbonyl (C=O) groups excluding carboxylic acids is 1. The molecular formula is C25H29NOP+. The van der Waals surface area contributed by atoms with Crippen LogP contribution in [-0.4, -0.2) is 31.1 Å². The first-order chi connectivity index (χ1) is 13.6. The van der Waals surface area contributed by atoms with Crippen molar-refractivity contribution >= 4 is 29.1 Å². The van der Waals surface area contributed by atoms with Gasteiger partial charge in [-0.25, -0.2) is 0 Å². The molecule has 28 heavy (non-hydrogen) atoms. The van der Waals surface area contributed by atoms with Crippen molar-refractivity contribution in [2.75, 3.05) is 20.3 Å². The normalized spacial score (nSPS) is 11.2. The fourth-order valence-electron chi connectivity index (χ4n) is 3.73. The first-order valence-corrected chi connectivity index (χ1v) is 11.9. The zero-order chi connectivity index (χ0) is 19.8. The summed E-state index contributed by atoms with van der Waals surface area (Å²) in [6, 6.07) is 32.8. The lowest BCUT2D eigenvalue weighted by molar-refractivity contribution is -0.128. The molecule has 0 aliphatic carbocycles. The van der Waals surface area contributed by atoms with E-state index in [1.807, 2.05) is 14.1 Å². The Hall–Kier alpha value is -2.44. The van der Waals surface area contributed by atoms with Crippen molar-refractivity contribution in [1.29, 1.82) is 0 Å². The summed E-state index contributed by atoms with van der Waals surface area (Å²) >= 11 is 0. The quantitative estimate of drug-likeness (QED) is 0.416. The van der Waals surface area contributed by atoms with Gasteiger partial charge in [-0.1, -0.05) is 54.6 Å². The largest absolute Gasteiger partial charge is 0.349 e. The molecule has 0 fully saturated rings. The van der Waals surface area contributed by atoms with E-state index in [0.29, 0.717) is 6.42 Å². The van der Waals surface area contributed by atoms with Gasteiger partial charge in [0.2, 0.25) is 5.91 Å². The molecular weight excluding hydrogens is 361 g/mol. The van der Waals surface area contributed by atoms with Crippen LogP contribution in [0.25, 0.3) is 0 Å². The molecule has 0 atom stereocenters. The van der Waals surface area contributed by atoms with Gasteiger partial charge in [0.25, 0.3) is 0 Å². The minimum Gasteiger partial charge on any atom is -0.349 e. The highest BCUT2D eigenvalue weighted by Crippen LogP contribution is 2.55.